The number of ether oxygens (including phenoxy) is 1. The second-order valence-corrected chi connectivity index (χ2v) is 5.82. The molecule has 0 aromatic heterocycles. The summed E-state index contributed by atoms with van der Waals surface area (Å²) < 4.78 is 10.4. The number of nitrogen functional groups attached to an aromatic ring is 1. The monoisotopic (exact) mass is 327 g/mol. The number of hydrogen-bond acceptors (Lipinski definition) is 7. The number of nitrogens with two attached hydrogens (primary N) is 1. The highest BCUT2D eigenvalue weighted by molar-refractivity contribution is 7.94. The third kappa shape index (κ3) is 4.95. The summed E-state index contributed by atoms with van der Waals surface area (Å²) in [6, 6.07) is 6.03. The first-order chi connectivity index (χ1) is 10.7. The summed E-state index contributed by atoms with van der Waals surface area (Å²) in [6.07, 6.45) is 0. The van der Waals surface area contributed by atoms with Crippen molar-refractivity contribution >= 4 is 23.4 Å². The van der Waals surface area contributed by atoms with E-state index < -0.39 is 0 Å². The summed E-state index contributed by atoms with van der Waals surface area (Å²) in [6.45, 7) is 7.70. The summed E-state index contributed by atoms with van der Waals surface area (Å²) in [5, 5.41) is 0. The van der Waals surface area contributed by atoms with E-state index in [0.717, 1.165) is 44.2 Å². The molecule has 1 aromatic rings. The normalized spacial score (nSPS) is 16.0. The highest BCUT2D eigenvalue weighted by Gasteiger charge is 2.17. The maximum atomic E-state index is 5.93. The van der Waals surface area contributed by atoms with Crippen molar-refractivity contribution in [3.63, 3.8) is 0 Å². The smallest absolute Gasteiger partial charge is 0.144 e. The average Bonchev–Trinajstić information content (AvgIpc) is 2.55. The second-order valence-electron chi connectivity index (χ2n) is 5.04. The zero-order valence-corrected chi connectivity index (χ0v) is 14.1. The predicted molar refractivity (Wildman–Crippen MR) is 91.2 cm³/mol. The van der Waals surface area contributed by atoms with Crippen molar-refractivity contribution in [2.75, 3.05) is 62.8 Å². The van der Waals surface area contributed by atoms with E-state index in [4.69, 9.17) is 14.8 Å². The topological polar surface area (TPSA) is 60.2 Å². The zero-order valence-electron chi connectivity index (χ0n) is 13.3. The van der Waals surface area contributed by atoms with Gasteiger partial charge >= 0.3 is 0 Å². The van der Waals surface area contributed by atoms with Crippen LogP contribution in [0.3, 0.4) is 0 Å². The Hall–Kier alpha value is -1.15. The molecule has 0 aliphatic carbocycles. The van der Waals surface area contributed by atoms with Crippen molar-refractivity contribution in [2.45, 2.75) is 6.92 Å². The molecule has 0 saturated carbocycles. The van der Waals surface area contributed by atoms with Crippen molar-refractivity contribution in [2.24, 2.45) is 0 Å². The van der Waals surface area contributed by atoms with Crippen LogP contribution in [0.1, 0.15) is 6.92 Å². The van der Waals surface area contributed by atoms with Crippen LogP contribution in [-0.4, -0.2) is 57.1 Å². The van der Waals surface area contributed by atoms with Crippen LogP contribution < -0.4 is 15.4 Å². The Labute approximate surface area is 136 Å². The van der Waals surface area contributed by atoms with Gasteiger partial charge in [0.2, 0.25) is 0 Å². The van der Waals surface area contributed by atoms with Crippen LogP contribution in [0.2, 0.25) is 0 Å². The van der Waals surface area contributed by atoms with Gasteiger partial charge in [-0.3, -0.25) is 4.90 Å². The van der Waals surface area contributed by atoms with Crippen LogP contribution in [0.4, 0.5) is 11.4 Å². The lowest BCUT2D eigenvalue weighted by molar-refractivity contribution is -0.160. The fraction of sp³-hybridized carbons (Fsp3) is 0.600. The zero-order chi connectivity index (χ0) is 15.8. The molecule has 0 spiro atoms. The number of hydrogen-bond donors (Lipinski definition) is 1. The fourth-order valence-electron chi connectivity index (χ4n) is 2.48. The SMILES string of the molecule is CCOc1cc(N2CCN(CCSOOC)CC2)ccc1N. The predicted octanol–water partition coefficient (Wildman–Crippen LogP) is 2.02. The summed E-state index contributed by atoms with van der Waals surface area (Å²) in [5.41, 5.74) is 7.80. The molecule has 124 valence electrons. The van der Waals surface area contributed by atoms with Gasteiger partial charge in [0.15, 0.2) is 0 Å². The first-order valence-electron chi connectivity index (χ1n) is 7.56. The minimum atomic E-state index is 0.628. The summed E-state index contributed by atoms with van der Waals surface area (Å²) in [7, 11) is 1.52. The molecule has 6 nitrogen and oxygen atoms in total. The Morgan fingerprint density at radius 2 is 2.00 bits per heavy atom. The minimum Gasteiger partial charge on any atom is -0.492 e. The van der Waals surface area contributed by atoms with Gasteiger partial charge in [0.25, 0.3) is 0 Å². The molecule has 2 rings (SSSR count). The Morgan fingerprint density at radius 1 is 1.23 bits per heavy atom. The van der Waals surface area contributed by atoms with Crippen LogP contribution >= 0.6 is 12.0 Å². The van der Waals surface area contributed by atoms with Gasteiger partial charge in [0, 0.05) is 62.3 Å². The highest BCUT2D eigenvalue weighted by Crippen LogP contribution is 2.28. The standard InChI is InChI=1S/C15H25N3O3S/c1-3-20-15-12-13(4-5-14(15)16)18-8-6-17(7-9-18)10-11-22-21-19-2/h4-5,12H,3,6-11,16H2,1-2H3. The summed E-state index contributed by atoms with van der Waals surface area (Å²) in [5.74, 6) is 1.68. The molecule has 1 aliphatic heterocycles. The van der Waals surface area contributed by atoms with Crippen LogP contribution in [0.25, 0.3) is 0 Å². The molecule has 0 amide bonds. The van der Waals surface area contributed by atoms with E-state index in [2.05, 4.69) is 20.8 Å². The van der Waals surface area contributed by atoms with Crippen LogP contribution in [-0.2, 0) is 9.22 Å². The third-order valence-corrected chi connectivity index (χ3v) is 4.22. The van der Waals surface area contributed by atoms with Gasteiger partial charge in [-0.25, -0.2) is 4.89 Å². The average molecular weight is 327 g/mol. The fourth-order valence-corrected chi connectivity index (χ4v) is 2.98. The quantitative estimate of drug-likeness (QED) is 0.258. The van der Waals surface area contributed by atoms with Gasteiger partial charge in [0.05, 0.1) is 19.4 Å². The van der Waals surface area contributed by atoms with Gasteiger partial charge < -0.3 is 15.4 Å². The van der Waals surface area contributed by atoms with Gasteiger partial charge in [-0.15, -0.1) is 0 Å². The molecule has 1 fully saturated rings. The molecule has 2 N–H and O–H groups in total. The van der Waals surface area contributed by atoms with E-state index in [9.17, 15) is 0 Å². The third-order valence-electron chi connectivity index (χ3n) is 3.64. The summed E-state index contributed by atoms with van der Waals surface area (Å²) >= 11 is 1.35. The number of nitrogens with zero attached hydrogens (tertiary/aromatic N) is 2. The van der Waals surface area contributed by atoms with E-state index in [0.29, 0.717) is 12.3 Å². The largest absolute Gasteiger partial charge is 0.492 e. The van der Waals surface area contributed by atoms with Crippen LogP contribution in [0, 0.1) is 0 Å². The second kappa shape index (κ2) is 9.09. The first-order valence-corrected chi connectivity index (χ1v) is 8.47. The molecule has 1 aromatic carbocycles. The molecule has 0 radical (unpaired) electrons. The number of benzene rings is 1. The summed E-state index contributed by atoms with van der Waals surface area (Å²) in [4.78, 5) is 9.37. The number of anilines is 2. The molecule has 1 saturated heterocycles. The van der Waals surface area contributed by atoms with Crippen molar-refractivity contribution in [1.29, 1.82) is 0 Å². The van der Waals surface area contributed by atoms with E-state index in [1.54, 1.807) is 0 Å². The number of piperazine rings is 1. The molecule has 22 heavy (non-hydrogen) atoms. The first kappa shape index (κ1) is 17.2. The van der Waals surface area contributed by atoms with Gasteiger partial charge in [0.1, 0.15) is 5.75 Å². The lowest BCUT2D eigenvalue weighted by Crippen LogP contribution is -2.47. The van der Waals surface area contributed by atoms with Gasteiger partial charge in [-0.1, -0.05) is 0 Å². The Bertz CT molecular complexity index is 454. The van der Waals surface area contributed by atoms with Crippen LogP contribution in [0.15, 0.2) is 18.2 Å². The lowest BCUT2D eigenvalue weighted by Gasteiger charge is -2.36. The minimum absolute atomic E-state index is 0.628. The van der Waals surface area contributed by atoms with Crippen molar-refractivity contribution < 1.29 is 14.0 Å². The van der Waals surface area contributed by atoms with Gasteiger partial charge in [-0.05, 0) is 19.1 Å². The lowest BCUT2D eigenvalue weighted by atomic mass is 10.2. The molecule has 1 aliphatic rings. The molecule has 1 heterocycles. The van der Waals surface area contributed by atoms with Crippen LogP contribution in [0.5, 0.6) is 5.75 Å². The highest BCUT2D eigenvalue weighted by atomic mass is 32.2. The van der Waals surface area contributed by atoms with E-state index in [-0.39, 0.29) is 0 Å². The van der Waals surface area contributed by atoms with E-state index in [1.165, 1.54) is 24.8 Å². The Morgan fingerprint density at radius 3 is 2.68 bits per heavy atom. The number of rotatable bonds is 8. The molecule has 7 heteroatoms. The van der Waals surface area contributed by atoms with Crippen molar-refractivity contribution in [3.05, 3.63) is 18.2 Å². The maximum absolute atomic E-state index is 5.93. The van der Waals surface area contributed by atoms with Gasteiger partial charge in [-0.2, -0.15) is 4.33 Å². The molecule has 0 atom stereocenters. The van der Waals surface area contributed by atoms with Crippen molar-refractivity contribution in [1.82, 2.24) is 4.90 Å². The molecule has 0 bridgehead atoms. The molecular weight excluding hydrogens is 302 g/mol. The Kier molecular flexibility index (Phi) is 7.11. The van der Waals surface area contributed by atoms with E-state index >= 15 is 0 Å². The van der Waals surface area contributed by atoms with Crippen molar-refractivity contribution in [3.8, 4) is 5.75 Å². The molecule has 0 unspecified atom stereocenters. The molecular formula is C15H25N3O3S. The Balaban J connectivity index is 1.82. The van der Waals surface area contributed by atoms with E-state index in [1.807, 2.05) is 19.1 Å². The maximum Gasteiger partial charge on any atom is 0.144 e.